The topological polar surface area (TPSA) is 56.7 Å². The lowest BCUT2D eigenvalue weighted by atomic mass is 10.2. The molecule has 0 bridgehead atoms. The van der Waals surface area contributed by atoms with Crippen LogP contribution in [0.1, 0.15) is 30.8 Å². The predicted molar refractivity (Wildman–Crippen MR) is 83.7 cm³/mol. The second kappa shape index (κ2) is 7.26. The molecular formula is C15H20N4S. The quantitative estimate of drug-likeness (QED) is 0.628. The first-order valence-corrected chi connectivity index (χ1v) is 7.71. The van der Waals surface area contributed by atoms with Crippen molar-refractivity contribution in [2.75, 3.05) is 5.75 Å². The predicted octanol–water partition coefficient (Wildman–Crippen LogP) is 3.01. The van der Waals surface area contributed by atoms with Crippen molar-refractivity contribution < 1.29 is 0 Å². The second-order valence-corrected chi connectivity index (χ2v) is 5.51. The van der Waals surface area contributed by atoms with Gasteiger partial charge in [0, 0.05) is 5.75 Å². The molecule has 0 spiro atoms. The second-order valence-electron chi connectivity index (χ2n) is 4.53. The molecule has 2 N–H and O–H groups in total. The summed E-state index contributed by atoms with van der Waals surface area (Å²) < 4.78 is 2.11. The smallest absolute Gasteiger partial charge is 0.191 e. The van der Waals surface area contributed by atoms with E-state index < -0.39 is 0 Å². The number of nitrogens with zero attached hydrogens (tertiary/aromatic N) is 3. The van der Waals surface area contributed by atoms with E-state index in [2.05, 4.69) is 40.4 Å². The largest absolute Gasteiger partial charge is 0.321 e. The van der Waals surface area contributed by atoms with Crippen molar-refractivity contribution in [1.82, 2.24) is 14.8 Å². The third-order valence-electron chi connectivity index (χ3n) is 3.03. The van der Waals surface area contributed by atoms with E-state index in [0.29, 0.717) is 0 Å². The molecule has 1 aromatic heterocycles. The van der Waals surface area contributed by atoms with E-state index in [1.54, 1.807) is 11.8 Å². The minimum absolute atomic E-state index is 0.0794. The van der Waals surface area contributed by atoms with Crippen LogP contribution in [0.15, 0.2) is 48.1 Å². The molecule has 0 saturated carbocycles. The Morgan fingerprint density at radius 2 is 2.10 bits per heavy atom. The number of hydrogen-bond acceptors (Lipinski definition) is 4. The van der Waals surface area contributed by atoms with E-state index in [9.17, 15) is 0 Å². The lowest BCUT2D eigenvalue weighted by Crippen LogP contribution is -2.17. The van der Waals surface area contributed by atoms with Crippen LogP contribution >= 0.6 is 11.8 Å². The Balaban J connectivity index is 2.30. The fraction of sp³-hybridized carbons (Fsp3) is 0.333. The van der Waals surface area contributed by atoms with Gasteiger partial charge >= 0.3 is 0 Å². The number of hydrogen-bond donors (Lipinski definition) is 1. The summed E-state index contributed by atoms with van der Waals surface area (Å²) in [5.74, 6) is 1.66. The Morgan fingerprint density at radius 3 is 2.75 bits per heavy atom. The van der Waals surface area contributed by atoms with Crippen LogP contribution in [0, 0.1) is 0 Å². The van der Waals surface area contributed by atoms with E-state index in [-0.39, 0.29) is 6.04 Å². The van der Waals surface area contributed by atoms with Gasteiger partial charge in [-0.25, -0.2) is 0 Å². The van der Waals surface area contributed by atoms with Gasteiger partial charge in [0.25, 0.3) is 0 Å². The highest BCUT2D eigenvalue weighted by Crippen LogP contribution is 2.22. The molecular weight excluding hydrogens is 268 g/mol. The van der Waals surface area contributed by atoms with Gasteiger partial charge in [-0.15, -0.1) is 16.8 Å². The van der Waals surface area contributed by atoms with Crippen molar-refractivity contribution in [3.63, 3.8) is 0 Å². The summed E-state index contributed by atoms with van der Waals surface area (Å²) >= 11 is 1.63. The minimum atomic E-state index is -0.0794. The summed E-state index contributed by atoms with van der Waals surface area (Å²) in [5, 5.41) is 9.43. The third kappa shape index (κ3) is 3.49. The van der Waals surface area contributed by atoms with Gasteiger partial charge in [0.1, 0.15) is 0 Å². The van der Waals surface area contributed by atoms with Crippen LogP contribution in [0.2, 0.25) is 0 Å². The summed E-state index contributed by atoms with van der Waals surface area (Å²) in [7, 11) is 0. The molecule has 1 unspecified atom stereocenters. The number of rotatable bonds is 7. The molecule has 0 aliphatic rings. The Bertz CT molecular complexity index is 550. The molecule has 0 aliphatic carbocycles. The van der Waals surface area contributed by atoms with Crippen molar-refractivity contribution in [2.45, 2.75) is 31.1 Å². The lowest BCUT2D eigenvalue weighted by molar-refractivity contribution is 0.578. The van der Waals surface area contributed by atoms with Crippen molar-refractivity contribution in [3.8, 4) is 0 Å². The number of benzene rings is 1. The lowest BCUT2D eigenvalue weighted by Gasteiger charge is -2.13. The highest BCUT2D eigenvalue weighted by atomic mass is 32.2. The molecule has 20 heavy (non-hydrogen) atoms. The molecule has 0 fully saturated rings. The summed E-state index contributed by atoms with van der Waals surface area (Å²) in [4.78, 5) is 0. The van der Waals surface area contributed by atoms with Gasteiger partial charge in [-0.05, 0) is 12.0 Å². The van der Waals surface area contributed by atoms with Crippen molar-refractivity contribution in [2.24, 2.45) is 5.73 Å². The number of thioether (sulfide) groups is 1. The average Bonchev–Trinajstić information content (AvgIpc) is 2.88. The SMILES string of the molecule is C=CCSc1nnc(C(N)CC)n1Cc1ccccc1. The molecule has 0 radical (unpaired) electrons. The van der Waals surface area contributed by atoms with Crippen molar-refractivity contribution in [1.29, 1.82) is 0 Å². The molecule has 0 aliphatic heterocycles. The van der Waals surface area contributed by atoms with E-state index in [4.69, 9.17) is 5.73 Å². The maximum absolute atomic E-state index is 6.14. The van der Waals surface area contributed by atoms with Crippen LogP contribution < -0.4 is 5.73 Å². The molecule has 1 aromatic carbocycles. The zero-order valence-electron chi connectivity index (χ0n) is 11.7. The Morgan fingerprint density at radius 1 is 1.35 bits per heavy atom. The Hall–Kier alpha value is -1.59. The maximum atomic E-state index is 6.14. The highest BCUT2D eigenvalue weighted by Gasteiger charge is 2.17. The van der Waals surface area contributed by atoms with Gasteiger partial charge in [0.2, 0.25) is 0 Å². The van der Waals surface area contributed by atoms with E-state index in [1.807, 2.05) is 24.3 Å². The summed E-state index contributed by atoms with van der Waals surface area (Å²) in [5.41, 5.74) is 7.36. The molecule has 0 saturated heterocycles. The normalized spacial score (nSPS) is 12.3. The first-order valence-electron chi connectivity index (χ1n) is 6.72. The Kier molecular flexibility index (Phi) is 5.38. The van der Waals surface area contributed by atoms with Gasteiger partial charge in [0.05, 0.1) is 12.6 Å². The standard InChI is InChI=1S/C15H20N4S/c1-3-10-20-15-18-17-14(13(16)4-2)19(15)11-12-8-6-5-7-9-12/h3,5-9,13H,1,4,10-11,16H2,2H3. The first kappa shape index (κ1) is 14.8. The molecule has 5 heteroatoms. The average molecular weight is 288 g/mol. The van der Waals surface area contributed by atoms with Crippen LogP contribution in [-0.2, 0) is 6.54 Å². The van der Waals surface area contributed by atoms with E-state index >= 15 is 0 Å². The maximum Gasteiger partial charge on any atom is 0.191 e. The monoisotopic (exact) mass is 288 g/mol. The van der Waals surface area contributed by atoms with Crippen LogP contribution in [0.3, 0.4) is 0 Å². The van der Waals surface area contributed by atoms with Gasteiger partial charge in [-0.2, -0.15) is 0 Å². The minimum Gasteiger partial charge on any atom is -0.321 e. The summed E-state index contributed by atoms with van der Waals surface area (Å²) in [6.07, 6.45) is 2.71. The van der Waals surface area contributed by atoms with Gasteiger partial charge in [-0.3, -0.25) is 0 Å². The van der Waals surface area contributed by atoms with Crippen LogP contribution in [0.25, 0.3) is 0 Å². The van der Waals surface area contributed by atoms with Crippen molar-refractivity contribution >= 4 is 11.8 Å². The highest BCUT2D eigenvalue weighted by molar-refractivity contribution is 7.99. The molecule has 1 heterocycles. The molecule has 2 aromatic rings. The zero-order valence-corrected chi connectivity index (χ0v) is 12.5. The fourth-order valence-electron chi connectivity index (χ4n) is 1.91. The molecule has 2 rings (SSSR count). The van der Waals surface area contributed by atoms with Gasteiger partial charge < -0.3 is 10.3 Å². The zero-order chi connectivity index (χ0) is 14.4. The van der Waals surface area contributed by atoms with Crippen LogP contribution in [-0.4, -0.2) is 20.5 Å². The number of aromatic nitrogens is 3. The van der Waals surface area contributed by atoms with Crippen LogP contribution in [0.5, 0.6) is 0 Å². The fourth-order valence-corrected chi connectivity index (χ4v) is 2.59. The molecule has 106 valence electrons. The Labute approximate surface area is 124 Å². The van der Waals surface area contributed by atoms with Gasteiger partial charge in [0.15, 0.2) is 11.0 Å². The van der Waals surface area contributed by atoms with Crippen LogP contribution in [0.4, 0.5) is 0 Å². The van der Waals surface area contributed by atoms with E-state index in [1.165, 1.54) is 5.56 Å². The number of nitrogens with two attached hydrogens (primary N) is 1. The van der Waals surface area contributed by atoms with E-state index in [0.717, 1.165) is 29.7 Å². The molecule has 0 amide bonds. The molecule has 1 atom stereocenters. The molecule has 4 nitrogen and oxygen atoms in total. The third-order valence-corrected chi connectivity index (χ3v) is 3.99. The first-order chi connectivity index (χ1) is 9.76. The summed E-state index contributed by atoms with van der Waals surface area (Å²) in [6.45, 7) is 6.55. The van der Waals surface area contributed by atoms with Gasteiger partial charge in [-0.1, -0.05) is 55.1 Å². The van der Waals surface area contributed by atoms with Crippen molar-refractivity contribution in [3.05, 3.63) is 54.4 Å². The summed E-state index contributed by atoms with van der Waals surface area (Å²) in [6, 6.07) is 10.2.